The van der Waals surface area contributed by atoms with Gasteiger partial charge >= 0.3 is 12.1 Å². The number of nitrogens with one attached hydrogen (secondary N) is 1. The van der Waals surface area contributed by atoms with Crippen molar-refractivity contribution >= 4 is 22.2 Å². The van der Waals surface area contributed by atoms with Gasteiger partial charge in [0.1, 0.15) is 12.2 Å². The number of carbonyl (C=O) groups excluding carboxylic acids is 2. The standard InChI is InChI=1S/C23H29NO7S/c1-17-10-12-20(13-11-17)32(27,28)30-16-19(14-21(25)31-23(2,3)4)24-22(26)29-15-18-8-6-5-7-9-18/h5-13,19H,14-16H2,1-4H3,(H,24,26)/t19-/m0/s1. The normalized spacial score (nSPS) is 12.6. The van der Waals surface area contributed by atoms with Crippen molar-refractivity contribution in [2.45, 2.75) is 57.3 Å². The van der Waals surface area contributed by atoms with E-state index in [1.54, 1.807) is 45.0 Å². The van der Waals surface area contributed by atoms with Crippen LogP contribution in [0.15, 0.2) is 59.5 Å². The Morgan fingerprint density at radius 3 is 2.22 bits per heavy atom. The van der Waals surface area contributed by atoms with Crippen LogP contribution in [0.2, 0.25) is 0 Å². The summed E-state index contributed by atoms with van der Waals surface area (Å²) < 4.78 is 40.5. The molecule has 0 aliphatic heterocycles. The third-order valence-corrected chi connectivity index (χ3v) is 5.40. The van der Waals surface area contributed by atoms with E-state index in [1.165, 1.54) is 12.1 Å². The SMILES string of the molecule is Cc1ccc(S(=O)(=O)OC[C@H](CC(=O)OC(C)(C)C)NC(=O)OCc2ccccc2)cc1. The molecule has 0 aromatic heterocycles. The van der Waals surface area contributed by atoms with Gasteiger partial charge < -0.3 is 14.8 Å². The number of alkyl carbamates (subject to hydrolysis) is 1. The molecule has 8 nitrogen and oxygen atoms in total. The molecule has 0 heterocycles. The largest absolute Gasteiger partial charge is 0.460 e. The van der Waals surface area contributed by atoms with Gasteiger partial charge in [-0.25, -0.2) is 4.79 Å². The summed E-state index contributed by atoms with van der Waals surface area (Å²) in [7, 11) is -4.08. The van der Waals surface area contributed by atoms with Crippen LogP contribution in [0.5, 0.6) is 0 Å². The molecule has 0 aliphatic rings. The van der Waals surface area contributed by atoms with Gasteiger partial charge in [-0.3, -0.25) is 8.98 Å². The molecule has 0 fully saturated rings. The molecule has 0 radical (unpaired) electrons. The number of aryl methyl sites for hydroxylation is 1. The first kappa shape index (κ1) is 25.4. The fourth-order valence-electron chi connectivity index (χ4n) is 2.61. The van der Waals surface area contributed by atoms with Crippen LogP contribution in [-0.2, 0) is 35.2 Å². The minimum atomic E-state index is -4.08. The van der Waals surface area contributed by atoms with Crippen LogP contribution in [-0.4, -0.2) is 38.7 Å². The maximum Gasteiger partial charge on any atom is 0.407 e. The van der Waals surface area contributed by atoms with E-state index in [4.69, 9.17) is 13.7 Å². The van der Waals surface area contributed by atoms with E-state index in [-0.39, 0.29) is 17.9 Å². The molecule has 1 amide bonds. The number of esters is 1. The molecular weight excluding hydrogens is 434 g/mol. The summed E-state index contributed by atoms with van der Waals surface area (Å²) in [6, 6.07) is 14.2. The van der Waals surface area contributed by atoms with E-state index in [2.05, 4.69) is 5.32 Å². The van der Waals surface area contributed by atoms with Gasteiger partial charge in [0.15, 0.2) is 0 Å². The molecule has 2 rings (SSSR count). The van der Waals surface area contributed by atoms with Crippen molar-refractivity contribution in [3.8, 4) is 0 Å². The van der Waals surface area contributed by atoms with Crippen molar-refractivity contribution in [1.82, 2.24) is 5.32 Å². The van der Waals surface area contributed by atoms with E-state index in [1.807, 2.05) is 25.1 Å². The van der Waals surface area contributed by atoms with E-state index in [9.17, 15) is 18.0 Å². The molecule has 32 heavy (non-hydrogen) atoms. The van der Waals surface area contributed by atoms with Gasteiger partial charge in [0.25, 0.3) is 10.1 Å². The fourth-order valence-corrected chi connectivity index (χ4v) is 3.56. The minimum absolute atomic E-state index is 0.0222. The Hall–Kier alpha value is -2.91. The van der Waals surface area contributed by atoms with Gasteiger partial charge in [0.05, 0.1) is 24.0 Å². The number of ether oxygens (including phenoxy) is 2. The summed E-state index contributed by atoms with van der Waals surface area (Å²) in [4.78, 5) is 24.5. The maximum atomic E-state index is 12.5. The van der Waals surface area contributed by atoms with Crippen LogP contribution >= 0.6 is 0 Å². The molecule has 0 bridgehead atoms. The summed E-state index contributed by atoms with van der Waals surface area (Å²) in [5.74, 6) is -0.609. The highest BCUT2D eigenvalue weighted by atomic mass is 32.2. The molecule has 0 saturated carbocycles. The Balaban J connectivity index is 2.03. The number of carbonyl (C=O) groups is 2. The van der Waals surface area contributed by atoms with Crippen LogP contribution in [0.4, 0.5) is 4.79 Å². The highest BCUT2D eigenvalue weighted by Crippen LogP contribution is 2.15. The molecule has 2 aromatic carbocycles. The second kappa shape index (κ2) is 11.1. The van der Waals surface area contributed by atoms with Gasteiger partial charge in [-0.15, -0.1) is 0 Å². The van der Waals surface area contributed by atoms with Gasteiger partial charge in [-0.1, -0.05) is 48.0 Å². The average Bonchev–Trinajstić information content (AvgIpc) is 2.70. The van der Waals surface area contributed by atoms with Gasteiger partial charge in [-0.2, -0.15) is 8.42 Å². The van der Waals surface area contributed by atoms with E-state index >= 15 is 0 Å². The zero-order chi connectivity index (χ0) is 23.8. The first-order chi connectivity index (χ1) is 14.9. The van der Waals surface area contributed by atoms with Crippen molar-refractivity contribution < 1.29 is 31.7 Å². The van der Waals surface area contributed by atoms with E-state index in [0.717, 1.165) is 11.1 Å². The van der Waals surface area contributed by atoms with Crippen LogP contribution in [0.25, 0.3) is 0 Å². The van der Waals surface area contributed by atoms with Crippen molar-refractivity contribution in [3.63, 3.8) is 0 Å². The lowest BCUT2D eigenvalue weighted by molar-refractivity contribution is -0.155. The third kappa shape index (κ3) is 9.07. The quantitative estimate of drug-likeness (QED) is 0.446. The molecule has 174 valence electrons. The number of benzene rings is 2. The lowest BCUT2D eigenvalue weighted by atomic mass is 10.2. The smallest absolute Gasteiger partial charge is 0.407 e. The Bertz CT molecular complexity index is 997. The van der Waals surface area contributed by atoms with Crippen molar-refractivity contribution in [2.24, 2.45) is 0 Å². The zero-order valence-electron chi connectivity index (χ0n) is 18.7. The van der Waals surface area contributed by atoms with Crippen molar-refractivity contribution in [3.05, 3.63) is 65.7 Å². The number of rotatable bonds is 9. The van der Waals surface area contributed by atoms with Gasteiger partial charge in [0.2, 0.25) is 0 Å². The van der Waals surface area contributed by atoms with E-state index in [0.29, 0.717) is 0 Å². The monoisotopic (exact) mass is 463 g/mol. The van der Waals surface area contributed by atoms with Crippen molar-refractivity contribution in [1.29, 1.82) is 0 Å². The molecule has 0 saturated heterocycles. The Kier molecular flexibility index (Phi) is 8.80. The molecule has 0 spiro atoms. The highest BCUT2D eigenvalue weighted by molar-refractivity contribution is 7.86. The predicted molar refractivity (Wildman–Crippen MR) is 118 cm³/mol. The lowest BCUT2D eigenvalue weighted by Gasteiger charge is -2.22. The number of hydrogen-bond donors (Lipinski definition) is 1. The molecular formula is C23H29NO7S. The van der Waals surface area contributed by atoms with Crippen LogP contribution in [0.3, 0.4) is 0 Å². The Morgan fingerprint density at radius 1 is 1.00 bits per heavy atom. The summed E-state index contributed by atoms with van der Waals surface area (Å²) >= 11 is 0. The topological polar surface area (TPSA) is 108 Å². The second-order valence-electron chi connectivity index (χ2n) is 8.25. The Labute approximate surface area is 189 Å². The molecule has 0 aliphatic carbocycles. The molecule has 2 aromatic rings. The molecule has 9 heteroatoms. The van der Waals surface area contributed by atoms with Crippen LogP contribution < -0.4 is 5.32 Å². The first-order valence-electron chi connectivity index (χ1n) is 10.1. The second-order valence-corrected chi connectivity index (χ2v) is 9.86. The molecule has 0 unspecified atom stereocenters. The molecule has 1 N–H and O–H groups in total. The summed E-state index contributed by atoms with van der Waals surface area (Å²) in [5.41, 5.74) is 0.948. The zero-order valence-corrected chi connectivity index (χ0v) is 19.5. The fraction of sp³-hybridized carbons (Fsp3) is 0.391. The maximum absolute atomic E-state index is 12.5. The molecule has 1 atom stereocenters. The third-order valence-electron chi connectivity index (χ3n) is 4.10. The Morgan fingerprint density at radius 2 is 1.62 bits per heavy atom. The summed E-state index contributed by atoms with van der Waals surface area (Å²) in [6.07, 6.45) is -1.10. The van der Waals surface area contributed by atoms with Gasteiger partial charge in [-0.05, 0) is 45.4 Å². The van der Waals surface area contributed by atoms with Crippen LogP contribution in [0, 0.1) is 6.92 Å². The van der Waals surface area contributed by atoms with Crippen molar-refractivity contribution in [2.75, 3.05) is 6.61 Å². The van der Waals surface area contributed by atoms with Crippen LogP contribution in [0.1, 0.15) is 38.3 Å². The number of amides is 1. The minimum Gasteiger partial charge on any atom is -0.460 e. The predicted octanol–water partition coefficient (Wildman–Crippen LogP) is 3.73. The lowest BCUT2D eigenvalue weighted by Crippen LogP contribution is -2.41. The number of hydrogen-bond acceptors (Lipinski definition) is 7. The summed E-state index contributed by atoms with van der Waals surface area (Å²) in [6.45, 7) is 6.52. The average molecular weight is 464 g/mol. The van der Waals surface area contributed by atoms with Gasteiger partial charge in [0, 0.05) is 0 Å². The highest BCUT2D eigenvalue weighted by Gasteiger charge is 2.25. The van der Waals surface area contributed by atoms with E-state index < -0.39 is 40.4 Å². The summed E-state index contributed by atoms with van der Waals surface area (Å²) in [5, 5.41) is 2.49. The first-order valence-corrected chi connectivity index (χ1v) is 11.5.